The summed E-state index contributed by atoms with van der Waals surface area (Å²) in [6, 6.07) is 0.371. The molecule has 0 aliphatic heterocycles. The molecule has 134 valence electrons. The fourth-order valence-corrected chi connectivity index (χ4v) is 4.70. The molecule has 2 fully saturated rings. The van der Waals surface area contributed by atoms with E-state index in [-0.39, 0.29) is 0 Å². The molecule has 3 aromatic heterocycles. The molecule has 0 amide bonds. The first-order chi connectivity index (χ1) is 12.7. The number of nitrogens with two attached hydrogens (primary N) is 1. The maximum absolute atomic E-state index is 6.65. The summed E-state index contributed by atoms with van der Waals surface area (Å²) in [5.74, 6) is 2.17. The van der Waals surface area contributed by atoms with Crippen LogP contribution in [0, 0.1) is 11.8 Å². The highest BCUT2D eigenvalue weighted by Gasteiger charge is 2.54. The SMILES string of the molecule is CCc1[nH]c2nc(Nc3cncnc3)nc(C3CC4C(N)C4C3)c2c1Cl. The normalized spacial score (nSPS) is 26.9. The van der Waals surface area contributed by atoms with Gasteiger partial charge in [0, 0.05) is 17.7 Å². The van der Waals surface area contributed by atoms with E-state index < -0.39 is 0 Å². The average molecular weight is 370 g/mol. The third-order valence-electron chi connectivity index (χ3n) is 5.76. The number of hydrogen-bond acceptors (Lipinski definition) is 6. The summed E-state index contributed by atoms with van der Waals surface area (Å²) in [6.07, 6.45) is 7.87. The van der Waals surface area contributed by atoms with Crippen molar-refractivity contribution in [2.24, 2.45) is 17.6 Å². The first kappa shape index (κ1) is 16.0. The molecule has 0 radical (unpaired) electrons. The van der Waals surface area contributed by atoms with Crippen molar-refractivity contribution in [3.63, 3.8) is 0 Å². The number of fused-ring (bicyclic) bond motifs is 2. The Balaban J connectivity index is 1.59. The lowest BCUT2D eigenvalue weighted by atomic mass is 9.96. The monoisotopic (exact) mass is 369 g/mol. The van der Waals surface area contributed by atoms with Crippen molar-refractivity contribution in [2.75, 3.05) is 5.32 Å². The van der Waals surface area contributed by atoms with Gasteiger partial charge in [-0.1, -0.05) is 18.5 Å². The number of anilines is 2. The van der Waals surface area contributed by atoms with Crippen LogP contribution in [-0.4, -0.2) is 31.0 Å². The number of aromatic amines is 1. The van der Waals surface area contributed by atoms with Gasteiger partial charge < -0.3 is 16.0 Å². The minimum absolute atomic E-state index is 0.371. The van der Waals surface area contributed by atoms with Crippen LogP contribution in [0.25, 0.3) is 11.0 Å². The average Bonchev–Trinajstić information content (AvgIpc) is 3.02. The highest BCUT2D eigenvalue weighted by molar-refractivity contribution is 6.36. The molecule has 0 spiro atoms. The lowest BCUT2D eigenvalue weighted by molar-refractivity contribution is 0.580. The summed E-state index contributed by atoms with van der Waals surface area (Å²) in [4.78, 5) is 20.9. The summed E-state index contributed by atoms with van der Waals surface area (Å²) in [5.41, 5.74) is 9.67. The van der Waals surface area contributed by atoms with Crippen molar-refractivity contribution in [3.05, 3.63) is 35.1 Å². The predicted molar refractivity (Wildman–Crippen MR) is 101 cm³/mol. The van der Waals surface area contributed by atoms with E-state index in [9.17, 15) is 0 Å². The maximum Gasteiger partial charge on any atom is 0.229 e. The van der Waals surface area contributed by atoms with Crippen molar-refractivity contribution in [2.45, 2.75) is 38.1 Å². The molecule has 2 aliphatic carbocycles. The van der Waals surface area contributed by atoms with Crippen LogP contribution in [0.5, 0.6) is 0 Å². The summed E-state index contributed by atoms with van der Waals surface area (Å²) in [5, 5.41) is 4.91. The predicted octanol–water partition coefficient (Wildman–Crippen LogP) is 3.16. The van der Waals surface area contributed by atoms with Gasteiger partial charge in [-0.15, -0.1) is 0 Å². The number of rotatable bonds is 4. The molecular weight excluding hydrogens is 350 g/mol. The Hall–Kier alpha value is -2.25. The second-order valence-corrected chi connectivity index (χ2v) is 7.63. The second kappa shape index (κ2) is 5.89. The standard InChI is InChI=1S/C18H20ClN7/c1-2-12-14(19)13-16(8-3-10-11(4-8)15(10)20)25-18(26-17(13)24-12)23-9-5-21-7-22-6-9/h5-8,10-11,15H,2-4,20H2,1H3,(H2,23,24,25,26). The van der Waals surface area contributed by atoms with Gasteiger partial charge in [0.15, 0.2) is 0 Å². The van der Waals surface area contributed by atoms with Crippen molar-refractivity contribution in [3.8, 4) is 0 Å². The Labute approximate surface area is 155 Å². The lowest BCUT2D eigenvalue weighted by Crippen LogP contribution is -2.12. The van der Waals surface area contributed by atoms with Crippen molar-refractivity contribution in [1.29, 1.82) is 0 Å². The molecule has 0 bridgehead atoms. The van der Waals surface area contributed by atoms with Gasteiger partial charge in [0.25, 0.3) is 0 Å². The van der Waals surface area contributed by atoms with Crippen LogP contribution in [0.15, 0.2) is 18.7 Å². The summed E-state index contributed by atoms with van der Waals surface area (Å²) >= 11 is 6.65. The van der Waals surface area contributed by atoms with Crippen LogP contribution in [0.4, 0.5) is 11.6 Å². The van der Waals surface area contributed by atoms with E-state index in [1.54, 1.807) is 12.4 Å². The molecule has 3 heterocycles. The molecule has 7 nitrogen and oxygen atoms in total. The highest BCUT2D eigenvalue weighted by Crippen LogP contribution is 2.57. The first-order valence-corrected chi connectivity index (χ1v) is 9.39. The molecule has 0 aromatic carbocycles. The summed E-state index contributed by atoms with van der Waals surface area (Å²) in [6.45, 7) is 2.08. The molecule has 3 aromatic rings. The van der Waals surface area contributed by atoms with Crippen molar-refractivity contribution >= 4 is 34.3 Å². The van der Waals surface area contributed by atoms with Gasteiger partial charge in [-0.3, -0.25) is 0 Å². The van der Waals surface area contributed by atoms with Crippen LogP contribution in [0.2, 0.25) is 5.02 Å². The van der Waals surface area contributed by atoms with E-state index in [0.29, 0.717) is 29.7 Å². The molecule has 5 rings (SSSR count). The largest absolute Gasteiger partial charge is 0.342 e. The van der Waals surface area contributed by atoms with E-state index >= 15 is 0 Å². The van der Waals surface area contributed by atoms with E-state index in [1.165, 1.54) is 6.33 Å². The molecule has 4 N–H and O–H groups in total. The topological polar surface area (TPSA) is 105 Å². The van der Waals surface area contributed by atoms with Crippen LogP contribution in [0.1, 0.15) is 37.1 Å². The number of H-pyrrole nitrogens is 1. The summed E-state index contributed by atoms with van der Waals surface area (Å²) in [7, 11) is 0. The van der Waals surface area contributed by atoms with Crippen LogP contribution >= 0.6 is 11.6 Å². The molecule has 8 heteroatoms. The lowest BCUT2D eigenvalue weighted by Gasteiger charge is -2.15. The number of aromatic nitrogens is 5. The first-order valence-electron chi connectivity index (χ1n) is 9.01. The van der Waals surface area contributed by atoms with Gasteiger partial charge in [0.1, 0.15) is 12.0 Å². The smallest absolute Gasteiger partial charge is 0.229 e. The molecule has 2 aliphatic rings. The zero-order valence-corrected chi connectivity index (χ0v) is 15.2. The minimum atomic E-state index is 0.371. The van der Waals surface area contributed by atoms with E-state index in [0.717, 1.165) is 52.4 Å². The minimum Gasteiger partial charge on any atom is -0.342 e. The quantitative estimate of drug-likeness (QED) is 0.652. The Morgan fingerprint density at radius 3 is 2.65 bits per heavy atom. The van der Waals surface area contributed by atoms with Gasteiger partial charge in [0.2, 0.25) is 5.95 Å². The fraction of sp³-hybridized carbons (Fsp3) is 0.444. The Bertz CT molecular complexity index is 959. The van der Waals surface area contributed by atoms with Crippen LogP contribution < -0.4 is 11.1 Å². The Morgan fingerprint density at radius 1 is 1.23 bits per heavy atom. The van der Waals surface area contributed by atoms with Gasteiger partial charge in [-0.05, 0) is 31.1 Å². The van der Waals surface area contributed by atoms with Crippen molar-refractivity contribution < 1.29 is 0 Å². The molecular formula is C18H20ClN7. The van der Waals surface area contributed by atoms with Crippen molar-refractivity contribution in [1.82, 2.24) is 24.9 Å². The molecule has 2 atom stereocenters. The van der Waals surface area contributed by atoms with E-state index in [1.807, 2.05) is 0 Å². The number of nitrogens with zero attached hydrogens (tertiary/aromatic N) is 4. The third-order valence-corrected chi connectivity index (χ3v) is 6.18. The van der Waals surface area contributed by atoms with Gasteiger partial charge in [0.05, 0.1) is 34.2 Å². The number of nitrogens with one attached hydrogen (secondary N) is 2. The van der Waals surface area contributed by atoms with E-state index in [2.05, 4.69) is 32.2 Å². The van der Waals surface area contributed by atoms with Gasteiger partial charge in [-0.2, -0.15) is 4.98 Å². The second-order valence-electron chi connectivity index (χ2n) is 7.25. The highest BCUT2D eigenvalue weighted by atomic mass is 35.5. The number of halogens is 1. The van der Waals surface area contributed by atoms with Crippen LogP contribution in [0.3, 0.4) is 0 Å². The Kier molecular flexibility index (Phi) is 3.62. The van der Waals surface area contributed by atoms with Crippen LogP contribution in [-0.2, 0) is 6.42 Å². The number of aryl methyl sites for hydroxylation is 1. The third kappa shape index (κ3) is 2.46. The molecule has 26 heavy (non-hydrogen) atoms. The Morgan fingerprint density at radius 2 is 1.96 bits per heavy atom. The maximum atomic E-state index is 6.65. The van der Waals surface area contributed by atoms with E-state index in [4.69, 9.17) is 22.3 Å². The molecule has 2 saturated carbocycles. The zero-order valence-electron chi connectivity index (χ0n) is 14.4. The van der Waals surface area contributed by atoms with Gasteiger partial charge in [-0.25, -0.2) is 15.0 Å². The number of hydrogen-bond donors (Lipinski definition) is 3. The summed E-state index contributed by atoms with van der Waals surface area (Å²) < 4.78 is 0. The zero-order chi connectivity index (χ0) is 17.8. The molecule has 2 unspecified atom stereocenters. The fourth-order valence-electron chi connectivity index (χ4n) is 4.34. The van der Waals surface area contributed by atoms with Gasteiger partial charge >= 0.3 is 0 Å². The molecule has 0 saturated heterocycles.